The number of sulfonamides is 1. The van der Waals surface area contributed by atoms with Crippen LogP contribution < -0.4 is 14.4 Å². The van der Waals surface area contributed by atoms with E-state index in [1.807, 2.05) is 39.8 Å². The Morgan fingerprint density at radius 3 is 2.29 bits per heavy atom. The van der Waals surface area contributed by atoms with Gasteiger partial charge in [0.15, 0.2) is 0 Å². The van der Waals surface area contributed by atoms with Crippen molar-refractivity contribution >= 4 is 43.5 Å². The molecule has 3 aromatic carbocycles. The average Bonchev–Trinajstić information content (AvgIpc) is 2.94. The first-order valence-electron chi connectivity index (χ1n) is 13.5. The van der Waals surface area contributed by atoms with Crippen molar-refractivity contribution in [2.24, 2.45) is 5.92 Å². The molecular weight excluding hydrogens is 606 g/mol. The first-order chi connectivity index (χ1) is 19.5. The van der Waals surface area contributed by atoms with Gasteiger partial charge >= 0.3 is 0 Å². The van der Waals surface area contributed by atoms with Gasteiger partial charge in [-0.2, -0.15) is 0 Å². The van der Waals surface area contributed by atoms with E-state index >= 15 is 0 Å². The average molecular weight is 645 g/mol. The summed E-state index contributed by atoms with van der Waals surface area (Å²) in [6, 6.07) is 19.7. The van der Waals surface area contributed by atoms with Crippen molar-refractivity contribution in [1.82, 2.24) is 10.2 Å². The Bertz CT molecular complexity index is 1440. The number of carbonyl (C=O) groups is 2. The quantitative estimate of drug-likeness (QED) is 0.264. The second-order valence-electron chi connectivity index (χ2n) is 10.2. The van der Waals surface area contributed by atoms with Crippen molar-refractivity contribution in [2.75, 3.05) is 24.5 Å². The number of nitrogens with one attached hydrogen (secondary N) is 1. The van der Waals surface area contributed by atoms with Crippen molar-refractivity contribution in [3.63, 3.8) is 0 Å². The van der Waals surface area contributed by atoms with E-state index in [1.54, 1.807) is 55.6 Å². The minimum Gasteiger partial charge on any atom is -0.497 e. The Kier molecular flexibility index (Phi) is 11.4. The number of methoxy groups -OCH3 is 1. The molecular formula is C31H38BrN3O5S. The van der Waals surface area contributed by atoms with Crippen LogP contribution in [0.2, 0.25) is 0 Å². The standard InChI is InChI=1S/C31H38BrN3O5S/c1-6-29(31(37)33-19-22(2)3)34(20-24-9-7-12-27(17-24)40-5)30(36)21-35(26-11-8-10-25(32)18-26)41(38,39)28-15-13-23(4)14-16-28/h7-18,22,29H,6,19-21H2,1-5H3,(H,33,37)/t29-/m0/s1. The number of hydrogen-bond acceptors (Lipinski definition) is 5. The van der Waals surface area contributed by atoms with Crippen LogP contribution >= 0.6 is 15.9 Å². The fraction of sp³-hybridized carbons (Fsp3) is 0.355. The number of anilines is 1. The summed E-state index contributed by atoms with van der Waals surface area (Å²) in [7, 11) is -2.57. The fourth-order valence-corrected chi connectivity index (χ4v) is 6.10. The number of carbonyl (C=O) groups excluding carboxylic acids is 2. The van der Waals surface area contributed by atoms with Crippen molar-refractivity contribution in [3.05, 3.63) is 88.4 Å². The van der Waals surface area contributed by atoms with Crippen LogP contribution in [0.15, 0.2) is 82.2 Å². The van der Waals surface area contributed by atoms with E-state index in [0.29, 0.717) is 28.9 Å². The van der Waals surface area contributed by atoms with Crippen molar-refractivity contribution < 1.29 is 22.7 Å². The second-order valence-corrected chi connectivity index (χ2v) is 13.0. The second kappa shape index (κ2) is 14.5. The van der Waals surface area contributed by atoms with Crippen LogP contribution in [0.5, 0.6) is 5.75 Å². The third-order valence-electron chi connectivity index (χ3n) is 6.54. The minimum absolute atomic E-state index is 0.0666. The number of rotatable bonds is 13. The number of nitrogens with zero attached hydrogens (tertiary/aromatic N) is 2. The molecule has 0 bridgehead atoms. The molecule has 1 atom stereocenters. The SMILES string of the molecule is CC[C@@H](C(=O)NCC(C)C)N(Cc1cccc(OC)c1)C(=O)CN(c1cccc(Br)c1)S(=O)(=O)c1ccc(C)cc1. The molecule has 0 radical (unpaired) electrons. The van der Waals surface area contributed by atoms with Gasteiger partial charge in [-0.15, -0.1) is 0 Å². The van der Waals surface area contributed by atoms with Crippen LogP contribution in [-0.2, 0) is 26.2 Å². The molecule has 0 fully saturated rings. The van der Waals surface area contributed by atoms with Crippen LogP contribution in [0.25, 0.3) is 0 Å². The monoisotopic (exact) mass is 643 g/mol. The third-order valence-corrected chi connectivity index (χ3v) is 8.82. The Morgan fingerprint density at radius 1 is 1.00 bits per heavy atom. The molecule has 0 aliphatic carbocycles. The van der Waals surface area contributed by atoms with Crippen molar-refractivity contribution in [3.8, 4) is 5.75 Å². The lowest BCUT2D eigenvalue weighted by molar-refractivity contribution is -0.140. The van der Waals surface area contributed by atoms with E-state index in [2.05, 4.69) is 21.2 Å². The maximum absolute atomic E-state index is 14.1. The van der Waals surface area contributed by atoms with Crippen LogP contribution in [0.1, 0.15) is 38.3 Å². The zero-order valence-corrected chi connectivity index (χ0v) is 26.5. The maximum Gasteiger partial charge on any atom is 0.264 e. The molecule has 0 saturated heterocycles. The lowest BCUT2D eigenvalue weighted by Crippen LogP contribution is -2.52. The van der Waals surface area contributed by atoms with E-state index in [9.17, 15) is 18.0 Å². The highest BCUT2D eigenvalue weighted by atomic mass is 79.9. The first kappa shape index (κ1) is 32.1. The maximum atomic E-state index is 14.1. The number of halogens is 1. The molecule has 0 aromatic heterocycles. The zero-order chi connectivity index (χ0) is 30.2. The molecule has 41 heavy (non-hydrogen) atoms. The fourth-order valence-electron chi connectivity index (χ4n) is 4.31. The minimum atomic E-state index is -4.13. The molecule has 220 valence electrons. The highest BCUT2D eigenvalue weighted by Gasteiger charge is 2.33. The van der Waals surface area contributed by atoms with Crippen LogP contribution in [-0.4, -0.2) is 51.4 Å². The Hall–Kier alpha value is -3.37. The highest BCUT2D eigenvalue weighted by Crippen LogP contribution is 2.27. The summed E-state index contributed by atoms with van der Waals surface area (Å²) in [4.78, 5) is 29.0. The summed E-state index contributed by atoms with van der Waals surface area (Å²) in [6.07, 6.45) is 0.348. The Morgan fingerprint density at radius 2 is 1.68 bits per heavy atom. The molecule has 0 unspecified atom stereocenters. The normalized spacial score (nSPS) is 12.1. The molecule has 2 amide bonds. The molecule has 0 heterocycles. The van der Waals surface area contributed by atoms with E-state index in [1.165, 1.54) is 17.0 Å². The highest BCUT2D eigenvalue weighted by molar-refractivity contribution is 9.10. The van der Waals surface area contributed by atoms with Gasteiger partial charge in [0, 0.05) is 17.6 Å². The predicted octanol–water partition coefficient (Wildman–Crippen LogP) is 5.54. The first-order valence-corrected chi connectivity index (χ1v) is 15.7. The predicted molar refractivity (Wildman–Crippen MR) is 165 cm³/mol. The molecule has 3 rings (SSSR count). The van der Waals surface area contributed by atoms with Gasteiger partial charge < -0.3 is 15.0 Å². The molecule has 0 spiro atoms. The van der Waals surface area contributed by atoms with E-state index in [-0.39, 0.29) is 23.3 Å². The molecule has 10 heteroatoms. The van der Waals surface area contributed by atoms with Gasteiger partial charge in [0.05, 0.1) is 17.7 Å². The molecule has 0 aliphatic rings. The van der Waals surface area contributed by atoms with E-state index < -0.39 is 28.5 Å². The smallest absolute Gasteiger partial charge is 0.264 e. The topological polar surface area (TPSA) is 96.0 Å². The van der Waals surface area contributed by atoms with E-state index in [0.717, 1.165) is 15.4 Å². The van der Waals surface area contributed by atoms with Gasteiger partial charge in [-0.25, -0.2) is 8.42 Å². The molecule has 1 N–H and O–H groups in total. The van der Waals surface area contributed by atoms with Crippen LogP contribution in [0, 0.1) is 12.8 Å². The molecule has 0 aliphatic heterocycles. The summed E-state index contributed by atoms with van der Waals surface area (Å²) in [5.74, 6) is 0.0541. The summed E-state index contributed by atoms with van der Waals surface area (Å²) in [6.45, 7) is 7.75. The van der Waals surface area contributed by atoms with Gasteiger partial charge in [-0.1, -0.05) is 72.6 Å². The lowest BCUT2D eigenvalue weighted by atomic mass is 10.1. The third kappa shape index (κ3) is 8.56. The molecule has 0 saturated carbocycles. The van der Waals surface area contributed by atoms with Crippen LogP contribution in [0.4, 0.5) is 5.69 Å². The summed E-state index contributed by atoms with van der Waals surface area (Å²) in [5.41, 5.74) is 1.99. The largest absolute Gasteiger partial charge is 0.497 e. The van der Waals surface area contributed by atoms with Crippen molar-refractivity contribution in [1.29, 1.82) is 0 Å². The number of aryl methyl sites for hydroxylation is 1. The van der Waals surface area contributed by atoms with Gasteiger partial charge in [0.1, 0.15) is 18.3 Å². The number of ether oxygens (including phenoxy) is 1. The Labute approximate surface area is 251 Å². The summed E-state index contributed by atoms with van der Waals surface area (Å²) in [5, 5.41) is 2.94. The molecule has 3 aromatic rings. The summed E-state index contributed by atoms with van der Waals surface area (Å²) < 4.78 is 35.0. The van der Waals surface area contributed by atoms with Crippen LogP contribution in [0.3, 0.4) is 0 Å². The van der Waals surface area contributed by atoms with E-state index in [4.69, 9.17) is 4.74 Å². The number of hydrogen-bond donors (Lipinski definition) is 1. The van der Waals surface area contributed by atoms with Crippen molar-refractivity contribution in [2.45, 2.75) is 51.6 Å². The van der Waals surface area contributed by atoms with Gasteiger partial charge in [-0.3, -0.25) is 13.9 Å². The zero-order valence-electron chi connectivity index (χ0n) is 24.1. The lowest BCUT2D eigenvalue weighted by Gasteiger charge is -2.33. The summed E-state index contributed by atoms with van der Waals surface area (Å²) >= 11 is 3.42. The Balaban J connectivity index is 2.06. The van der Waals surface area contributed by atoms with Gasteiger partial charge in [-0.05, 0) is 67.3 Å². The molecule has 8 nitrogen and oxygen atoms in total. The number of amides is 2. The van der Waals surface area contributed by atoms with Gasteiger partial charge in [0.25, 0.3) is 10.0 Å². The van der Waals surface area contributed by atoms with Gasteiger partial charge in [0.2, 0.25) is 11.8 Å². The number of benzene rings is 3.